The summed E-state index contributed by atoms with van der Waals surface area (Å²) in [7, 11) is 0. The van der Waals surface area contributed by atoms with Gasteiger partial charge in [0.05, 0.1) is 0 Å². The Morgan fingerprint density at radius 1 is 1.10 bits per heavy atom. The van der Waals surface area contributed by atoms with Gasteiger partial charge in [0.15, 0.2) is 0 Å². The summed E-state index contributed by atoms with van der Waals surface area (Å²) in [6.07, 6.45) is 1.97. The smallest absolute Gasteiger partial charge is 0.229 e. The van der Waals surface area contributed by atoms with E-state index in [1.54, 1.807) is 0 Å². The first-order chi connectivity index (χ1) is 9.74. The molecule has 20 heavy (non-hydrogen) atoms. The molecule has 0 radical (unpaired) electrons. The van der Waals surface area contributed by atoms with Crippen LogP contribution in [-0.2, 0) is 12.8 Å². The summed E-state index contributed by atoms with van der Waals surface area (Å²) in [4.78, 5) is 12.5. The van der Waals surface area contributed by atoms with E-state index < -0.39 is 0 Å². The average molecular weight is 270 g/mol. The molecule has 3 rings (SSSR count). The fourth-order valence-electron chi connectivity index (χ4n) is 2.54. The normalized spacial score (nSPS) is 14.1. The maximum atomic E-state index is 5.71. The molecule has 6 heteroatoms. The van der Waals surface area contributed by atoms with Crippen molar-refractivity contribution in [1.29, 1.82) is 0 Å². The number of fused-ring (bicyclic) bond motifs is 1. The Hall–Kier alpha value is -2.37. The summed E-state index contributed by atoms with van der Waals surface area (Å²) in [5.41, 5.74) is 8.48. The second-order valence-electron chi connectivity index (χ2n) is 4.89. The Labute approximate surface area is 117 Å². The van der Waals surface area contributed by atoms with Gasteiger partial charge in [0.25, 0.3) is 0 Å². The topological polar surface area (TPSA) is 88.8 Å². The van der Waals surface area contributed by atoms with Crippen LogP contribution in [0.25, 0.3) is 0 Å². The van der Waals surface area contributed by atoms with Crippen LogP contribution in [0.15, 0.2) is 24.3 Å². The van der Waals surface area contributed by atoms with Gasteiger partial charge in [0.1, 0.15) is 0 Å². The molecule has 1 heterocycles. The van der Waals surface area contributed by atoms with Gasteiger partial charge in [-0.1, -0.05) is 24.3 Å². The Balaban J connectivity index is 1.73. The highest BCUT2D eigenvalue weighted by Crippen LogP contribution is 2.23. The van der Waals surface area contributed by atoms with Crippen LogP contribution in [0.5, 0.6) is 0 Å². The van der Waals surface area contributed by atoms with Crippen molar-refractivity contribution in [3.8, 4) is 0 Å². The van der Waals surface area contributed by atoms with Gasteiger partial charge in [-0.05, 0) is 30.9 Å². The van der Waals surface area contributed by atoms with Crippen molar-refractivity contribution in [3.63, 3.8) is 0 Å². The summed E-state index contributed by atoms with van der Waals surface area (Å²) >= 11 is 0. The standard InChI is InChI=1S/C14H18N6/c1-2-16-13-18-12(15)19-14(20-13)17-11-7-9-5-3-4-6-10(9)8-11/h3-6,11H,2,7-8H2,1H3,(H4,15,16,17,18,19,20). The molecule has 1 aliphatic rings. The lowest BCUT2D eigenvalue weighted by Crippen LogP contribution is -2.22. The van der Waals surface area contributed by atoms with Crippen LogP contribution in [0.2, 0.25) is 0 Å². The number of rotatable bonds is 4. The zero-order chi connectivity index (χ0) is 13.9. The summed E-state index contributed by atoms with van der Waals surface area (Å²) in [5, 5.41) is 6.39. The molecule has 6 nitrogen and oxygen atoms in total. The van der Waals surface area contributed by atoms with Gasteiger partial charge < -0.3 is 16.4 Å². The molecule has 0 bridgehead atoms. The Morgan fingerprint density at radius 2 is 1.75 bits per heavy atom. The second-order valence-corrected chi connectivity index (χ2v) is 4.89. The molecule has 4 N–H and O–H groups in total. The van der Waals surface area contributed by atoms with E-state index in [0.717, 1.165) is 19.4 Å². The van der Waals surface area contributed by atoms with Crippen molar-refractivity contribution in [2.75, 3.05) is 22.9 Å². The van der Waals surface area contributed by atoms with Gasteiger partial charge in [0, 0.05) is 12.6 Å². The van der Waals surface area contributed by atoms with E-state index in [1.807, 2.05) is 6.92 Å². The first-order valence-electron chi connectivity index (χ1n) is 6.83. The number of nitrogen functional groups attached to an aromatic ring is 1. The average Bonchev–Trinajstić information content (AvgIpc) is 2.80. The number of nitrogens with one attached hydrogen (secondary N) is 2. The number of aromatic nitrogens is 3. The van der Waals surface area contributed by atoms with Gasteiger partial charge in [-0.2, -0.15) is 15.0 Å². The third-order valence-corrected chi connectivity index (χ3v) is 3.37. The van der Waals surface area contributed by atoms with Crippen molar-refractivity contribution in [2.45, 2.75) is 25.8 Å². The highest BCUT2D eigenvalue weighted by Gasteiger charge is 2.21. The Morgan fingerprint density at radius 3 is 2.40 bits per heavy atom. The number of hydrogen-bond donors (Lipinski definition) is 3. The summed E-state index contributed by atoms with van der Waals surface area (Å²) in [6, 6.07) is 8.80. The molecular formula is C14H18N6. The van der Waals surface area contributed by atoms with E-state index >= 15 is 0 Å². The lowest BCUT2D eigenvalue weighted by molar-refractivity contribution is 0.760. The van der Waals surface area contributed by atoms with E-state index in [0.29, 0.717) is 17.9 Å². The van der Waals surface area contributed by atoms with Crippen LogP contribution in [-0.4, -0.2) is 27.5 Å². The number of hydrogen-bond acceptors (Lipinski definition) is 6. The van der Waals surface area contributed by atoms with E-state index in [1.165, 1.54) is 11.1 Å². The van der Waals surface area contributed by atoms with Crippen LogP contribution < -0.4 is 16.4 Å². The number of nitrogens with two attached hydrogens (primary N) is 1. The Bertz CT molecular complexity index is 587. The summed E-state index contributed by atoms with van der Waals surface area (Å²) in [6.45, 7) is 2.73. The molecule has 1 aromatic carbocycles. The van der Waals surface area contributed by atoms with Gasteiger partial charge in [-0.25, -0.2) is 0 Å². The van der Waals surface area contributed by atoms with Crippen LogP contribution in [0.4, 0.5) is 17.8 Å². The minimum Gasteiger partial charge on any atom is -0.368 e. The molecule has 2 aromatic rings. The number of benzene rings is 1. The predicted molar refractivity (Wildman–Crippen MR) is 79.7 cm³/mol. The minimum atomic E-state index is 0.231. The fourth-order valence-corrected chi connectivity index (χ4v) is 2.54. The fraction of sp³-hybridized carbons (Fsp3) is 0.357. The largest absolute Gasteiger partial charge is 0.368 e. The van der Waals surface area contributed by atoms with Gasteiger partial charge in [0.2, 0.25) is 17.8 Å². The van der Waals surface area contributed by atoms with Gasteiger partial charge in [-0.3, -0.25) is 0 Å². The van der Waals surface area contributed by atoms with Gasteiger partial charge in [-0.15, -0.1) is 0 Å². The molecular weight excluding hydrogens is 252 g/mol. The van der Waals surface area contributed by atoms with Crippen molar-refractivity contribution < 1.29 is 0 Å². The SMILES string of the molecule is CCNc1nc(N)nc(NC2Cc3ccccc3C2)n1. The second kappa shape index (κ2) is 5.32. The van der Waals surface area contributed by atoms with E-state index in [2.05, 4.69) is 49.9 Å². The zero-order valence-corrected chi connectivity index (χ0v) is 11.4. The highest BCUT2D eigenvalue weighted by molar-refractivity contribution is 5.43. The van der Waals surface area contributed by atoms with E-state index in [9.17, 15) is 0 Å². The maximum absolute atomic E-state index is 5.71. The third-order valence-electron chi connectivity index (χ3n) is 3.37. The molecule has 0 saturated carbocycles. The highest BCUT2D eigenvalue weighted by atomic mass is 15.2. The van der Waals surface area contributed by atoms with E-state index in [4.69, 9.17) is 5.73 Å². The molecule has 0 amide bonds. The first kappa shape index (κ1) is 12.7. The van der Waals surface area contributed by atoms with E-state index in [-0.39, 0.29) is 5.95 Å². The maximum Gasteiger partial charge on any atom is 0.229 e. The Kier molecular flexibility index (Phi) is 3.37. The molecule has 0 atom stereocenters. The molecule has 0 unspecified atom stereocenters. The lowest BCUT2D eigenvalue weighted by atomic mass is 10.1. The predicted octanol–water partition coefficient (Wildman–Crippen LogP) is 1.46. The summed E-state index contributed by atoms with van der Waals surface area (Å²) < 4.78 is 0. The van der Waals surface area contributed by atoms with Crippen molar-refractivity contribution in [3.05, 3.63) is 35.4 Å². The van der Waals surface area contributed by atoms with Crippen LogP contribution in [0.3, 0.4) is 0 Å². The molecule has 0 fully saturated rings. The first-order valence-corrected chi connectivity index (χ1v) is 6.83. The number of anilines is 3. The zero-order valence-electron chi connectivity index (χ0n) is 11.4. The lowest BCUT2D eigenvalue weighted by Gasteiger charge is -2.12. The number of nitrogens with zero attached hydrogens (tertiary/aromatic N) is 3. The van der Waals surface area contributed by atoms with Crippen molar-refractivity contribution in [1.82, 2.24) is 15.0 Å². The monoisotopic (exact) mass is 270 g/mol. The molecule has 0 spiro atoms. The molecule has 1 aromatic heterocycles. The molecule has 104 valence electrons. The summed E-state index contributed by atoms with van der Waals surface area (Å²) in [5.74, 6) is 1.28. The molecule has 0 aliphatic heterocycles. The van der Waals surface area contributed by atoms with Gasteiger partial charge >= 0.3 is 0 Å². The van der Waals surface area contributed by atoms with Crippen LogP contribution in [0.1, 0.15) is 18.1 Å². The third kappa shape index (κ3) is 2.64. The minimum absolute atomic E-state index is 0.231. The molecule has 0 saturated heterocycles. The van der Waals surface area contributed by atoms with Crippen LogP contribution >= 0.6 is 0 Å². The van der Waals surface area contributed by atoms with Crippen molar-refractivity contribution in [2.24, 2.45) is 0 Å². The quantitative estimate of drug-likeness (QED) is 0.779. The molecule has 1 aliphatic carbocycles. The van der Waals surface area contributed by atoms with Crippen molar-refractivity contribution >= 4 is 17.8 Å². The van der Waals surface area contributed by atoms with Crippen LogP contribution in [0, 0.1) is 0 Å².